The van der Waals surface area contributed by atoms with Crippen molar-refractivity contribution in [2.24, 2.45) is 5.73 Å². The quantitative estimate of drug-likeness (QED) is 0.334. The Morgan fingerprint density at radius 2 is 1.66 bits per heavy atom. The first-order chi connectivity index (χ1) is 16.8. The molecule has 1 heterocycles. The molecule has 0 bridgehead atoms. The summed E-state index contributed by atoms with van der Waals surface area (Å²) in [5.41, 5.74) is 10.9. The van der Waals surface area contributed by atoms with Crippen molar-refractivity contribution in [1.29, 1.82) is 0 Å². The van der Waals surface area contributed by atoms with Crippen molar-refractivity contribution in [3.63, 3.8) is 0 Å². The first-order valence-electron chi connectivity index (χ1n) is 11.4. The van der Waals surface area contributed by atoms with Crippen molar-refractivity contribution in [3.05, 3.63) is 122 Å². The van der Waals surface area contributed by atoms with Crippen LogP contribution in [0.4, 0.5) is 4.39 Å². The SMILES string of the molecule is COc1cccc(-c2c(C)n(Cc3ccccc3F)c(C)c(CC(N)c3ccccc3)c2=O)c1Cl. The van der Waals surface area contributed by atoms with Crippen LogP contribution in [0.15, 0.2) is 77.6 Å². The molecule has 0 fully saturated rings. The van der Waals surface area contributed by atoms with Crippen LogP contribution < -0.4 is 15.9 Å². The number of aromatic nitrogens is 1. The van der Waals surface area contributed by atoms with E-state index < -0.39 is 0 Å². The standard InChI is InChI=1S/C29H28ClFN2O2/c1-18-23(16-25(32)20-10-5-4-6-11-20)29(34)27(22-13-9-15-26(35-3)28(22)30)19(2)33(18)17-21-12-7-8-14-24(21)31/h4-15,25H,16-17,32H2,1-3H3. The van der Waals surface area contributed by atoms with Crippen LogP contribution in [0.3, 0.4) is 0 Å². The molecular formula is C29H28ClFN2O2. The van der Waals surface area contributed by atoms with Crippen molar-refractivity contribution in [3.8, 4) is 16.9 Å². The smallest absolute Gasteiger partial charge is 0.193 e. The third-order valence-corrected chi connectivity index (χ3v) is 6.89. The zero-order valence-electron chi connectivity index (χ0n) is 20.0. The molecule has 0 aliphatic rings. The normalized spacial score (nSPS) is 11.9. The van der Waals surface area contributed by atoms with Gasteiger partial charge in [-0.3, -0.25) is 4.79 Å². The molecule has 0 amide bonds. The number of nitrogens with zero attached hydrogens (tertiary/aromatic N) is 1. The number of hydrogen-bond acceptors (Lipinski definition) is 3. The number of nitrogens with two attached hydrogens (primary N) is 1. The summed E-state index contributed by atoms with van der Waals surface area (Å²) in [6.07, 6.45) is 0.334. The highest BCUT2D eigenvalue weighted by Gasteiger charge is 2.23. The van der Waals surface area contributed by atoms with E-state index in [0.717, 1.165) is 11.3 Å². The van der Waals surface area contributed by atoms with Gasteiger partial charge in [0.25, 0.3) is 0 Å². The number of halogens is 2. The lowest BCUT2D eigenvalue weighted by molar-refractivity contribution is 0.415. The number of rotatable bonds is 7. The summed E-state index contributed by atoms with van der Waals surface area (Å²) >= 11 is 6.66. The predicted molar refractivity (Wildman–Crippen MR) is 140 cm³/mol. The lowest BCUT2D eigenvalue weighted by atomic mass is 9.93. The summed E-state index contributed by atoms with van der Waals surface area (Å²) in [7, 11) is 1.54. The van der Waals surface area contributed by atoms with Gasteiger partial charge >= 0.3 is 0 Å². The average molecular weight is 491 g/mol. The number of pyridine rings is 1. The first-order valence-corrected chi connectivity index (χ1v) is 11.8. The molecule has 3 aromatic carbocycles. The molecule has 0 spiro atoms. The molecule has 1 atom stereocenters. The molecule has 0 aliphatic heterocycles. The Hall–Kier alpha value is -3.41. The van der Waals surface area contributed by atoms with Gasteiger partial charge in [-0.2, -0.15) is 0 Å². The monoisotopic (exact) mass is 490 g/mol. The summed E-state index contributed by atoms with van der Waals surface area (Å²) in [6, 6.07) is 21.3. The van der Waals surface area contributed by atoms with Crippen LogP contribution in [0.25, 0.3) is 11.1 Å². The lowest BCUT2D eigenvalue weighted by Gasteiger charge is -2.23. The number of methoxy groups -OCH3 is 1. The molecule has 0 saturated carbocycles. The summed E-state index contributed by atoms with van der Waals surface area (Å²) in [5, 5.41) is 0.356. The molecule has 0 aliphatic carbocycles. The highest BCUT2D eigenvalue weighted by atomic mass is 35.5. The highest BCUT2D eigenvalue weighted by molar-refractivity contribution is 6.34. The largest absolute Gasteiger partial charge is 0.495 e. The van der Waals surface area contributed by atoms with Crippen molar-refractivity contribution < 1.29 is 9.13 Å². The van der Waals surface area contributed by atoms with Crippen LogP contribution in [0.1, 0.15) is 34.1 Å². The van der Waals surface area contributed by atoms with Crippen LogP contribution in [0.5, 0.6) is 5.75 Å². The zero-order valence-corrected chi connectivity index (χ0v) is 20.8. The molecule has 1 unspecified atom stereocenters. The molecule has 0 saturated heterocycles. The van der Waals surface area contributed by atoms with Gasteiger partial charge < -0.3 is 15.0 Å². The fourth-order valence-electron chi connectivity index (χ4n) is 4.52. The lowest BCUT2D eigenvalue weighted by Crippen LogP contribution is -2.26. The van der Waals surface area contributed by atoms with Crippen molar-refractivity contribution in [2.75, 3.05) is 7.11 Å². The Labute approximate surface area is 209 Å². The zero-order chi connectivity index (χ0) is 25.1. The minimum atomic E-state index is -0.374. The topological polar surface area (TPSA) is 57.2 Å². The van der Waals surface area contributed by atoms with Crippen LogP contribution in [0, 0.1) is 19.7 Å². The third kappa shape index (κ3) is 4.88. The second-order valence-corrected chi connectivity index (χ2v) is 8.95. The number of benzene rings is 3. The summed E-state index contributed by atoms with van der Waals surface area (Å²) < 4.78 is 22.0. The van der Waals surface area contributed by atoms with Gasteiger partial charge in [-0.15, -0.1) is 0 Å². The van der Waals surface area contributed by atoms with Gasteiger partial charge in [-0.05, 0) is 38.0 Å². The van der Waals surface area contributed by atoms with Crippen LogP contribution >= 0.6 is 11.6 Å². The highest BCUT2D eigenvalue weighted by Crippen LogP contribution is 2.36. The van der Waals surface area contributed by atoms with Crippen molar-refractivity contribution in [1.82, 2.24) is 4.57 Å². The van der Waals surface area contributed by atoms with Crippen molar-refractivity contribution >= 4 is 11.6 Å². The molecule has 4 nitrogen and oxygen atoms in total. The molecule has 6 heteroatoms. The van der Waals surface area contributed by atoms with E-state index in [1.165, 1.54) is 13.2 Å². The van der Waals surface area contributed by atoms with Gasteiger partial charge in [0.05, 0.1) is 24.2 Å². The Morgan fingerprint density at radius 3 is 2.34 bits per heavy atom. The van der Waals surface area contributed by atoms with E-state index in [1.54, 1.807) is 36.4 Å². The molecule has 0 radical (unpaired) electrons. The fourth-order valence-corrected chi connectivity index (χ4v) is 4.82. The molecule has 4 rings (SSSR count). The summed E-state index contributed by atoms with van der Waals surface area (Å²) in [6.45, 7) is 4.02. The van der Waals surface area contributed by atoms with Gasteiger partial charge in [0.1, 0.15) is 11.6 Å². The predicted octanol–water partition coefficient (Wildman–Crippen LogP) is 6.22. The van der Waals surface area contributed by atoms with Crippen LogP contribution in [-0.2, 0) is 13.0 Å². The minimum absolute atomic E-state index is 0.133. The molecule has 2 N–H and O–H groups in total. The summed E-state index contributed by atoms with van der Waals surface area (Å²) in [4.78, 5) is 14.0. The second kappa shape index (κ2) is 10.5. The molecule has 4 aromatic rings. The Morgan fingerprint density at radius 1 is 0.971 bits per heavy atom. The van der Waals surface area contributed by atoms with Gasteiger partial charge in [0, 0.05) is 34.1 Å². The number of ether oxygens (including phenoxy) is 1. The van der Waals surface area contributed by atoms with Gasteiger partial charge in [0.15, 0.2) is 5.43 Å². The molecule has 180 valence electrons. The first kappa shape index (κ1) is 24.7. The van der Waals surface area contributed by atoms with E-state index in [0.29, 0.717) is 45.1 Å². The van der Waals surface area contributed by atoms with E-state index in [2.05, 4.69) is 0 Å². The van der Waals surface area contributed by atoms with Gasteiger partial charge in [-0.1, -0.05) is 72.3 Å². The third-order valence-electron chi connectivity index (χ3n) is 6.50. The summed E-state index contributed by atoms with van der Waals surface area (Å²) in [5.74, 6) is 0.181. The van der Waals surface area contributed by atoms with Crippen LogP contribution in [-0.4, -0.2) is 11.7 Å². The second-order valence-electron chi connectivity index (χ2n) is 8.57. The maximum Gasteiger partial charge on any atom is 0.193 e. The fraction of sp³-hybridized carbons (Fsp3) is 0.207. The maximum absolute atomic E-state index is 14.6. The Balaban J connectivity index is 1.94. The van der Waals surface area contributed by atoms with E-state index in [9.17, 15) is 9.18 Å². The van der Waals surface area contributed by atoms with E-state index in [-0.39, 0.29) is 23.8 Å². The van der Waals surface area contributed by atoms with E-state index in [1.807, 2.05) is 48.7 Å². The minimum Gasteiger partial charge on any atom is -0.495 e. The Bertz CT molecular complexity index is 1420. The van der Waals surface area contributed by atoms with Gasteiger partial charge in [0.2, 0.25) is 0 Å². The van der Waals surface area contributed by atoms with Crippen molar-refractivity contribution in [2.45, 2.75) is 32.9 Å². The van der Waals surface area contributed by atoms with E-state index in [4.69, 9.17) is 22.1 Å². The molecule has 1 aromatic heterocycles. The maximum atomic E-state index is 14.6. The van der Waals surface area contributed by atoms with Gasteiger partial charge in [-0.25, -0.2) is 4.39 Å². The molecular weight excluding hydrogens is 463 g/mol. The number of hydrogen-bond donors (Lipinski definition) is 1. The Kier molecular flexibility index (Phi) is 7.39. The molecule has 35 heavy (non-hydrogen) atoms. The van der Waals surface area contributed by atoms with Crippen LogP contribution in [0.2, 0.25) is 5.02 Å². The average Bonchev–Trinajstić information content (AvgIpc) is 2.87. The van der Waals surface area contributed by atoms with E-state index >= 15 is 0 Å².